The van der Waals surface area contributed by atoms with Crippen LogP contribution in [-0.4, -0.2) is 25.1 Å². The van der Waals surface area contributed by atoms with E-state index in [1.54, 1.807) is 14.2 Å². The minimum Gasteiger partial charge on any atom is -0.493 e. The van der Waals surface area contributed by atoms with Crippen LogP contribution in [0, 0.1) is 13.8 Å². The number of fused-ring (bicyclic) bond motifs is 1. The minimum atomic E-state index is -0.0471. The zero-order valence-corrected chi connectivity index (χ0v) is 16.2. The fourth-order valence-electron chi connectivity index (χ4n) is 2.79. The van der Waals surface area contributed by atoms with E-state index in [-0.39, 0.29) is 5.91 Å². The zero-order valence-electron chi connectivity index (χ0n) is 15.4. The van der Waals surface area contributed by atoms with E-state index in [2.05, 4.69) is 29.4 Å². The molecule has 0 aliphatic carbocycles. The number of ether oxygens (including phenoxy) is 2. The molecular weight excluding hydrogens is 348 g/mol. The number of nitrogens with zero attached hydrogens (tertiary/aromatic N) is 1. The number of aromatic nitrogens is 1. The number of benzene rings is 2. The average Bonchev–Trinajstić information content (AvgIpc) is 3.07. The van der Waals surface area contributed by atoms with Crippen molar-refractivity contribution in [1.82, 2.24) is 4.98 Å². The molecule has 0 spiro atoms. The van der Waals surface area contributed by atoms with E-state index in [1.807, 2.05) is 25.1 Å². The molecule has 2 aromatic carbocycles. The van der Waals surface area contributed by atoms with Gasteiger partial charge in [0.2, 0.25) is 5.91 Å². The van der Waals surface area contributed by atoms with Gasteiger partial charge in [-0.3, -0.25) is 4.79 Å². The molecule has 1 N–H and O–H groups in total. The molecule has 0 aliphatic rings. The Labute approximate surface area is 157 Å². The van der Waals surface area contributed by atoms with Crippen molar-refractivity contribution in [2.75, 3.05) is 19.5 Å². The Balaban J connectivity index is 1.66. The zero-order chi connectivity index (χ0) is 18.7. The second-order valence-corrected chi connectivity index (χ2v) is 7.13. The van der Waals surface area contributed by atoms with E-state index in [4.69, 9.17) is 9.47 Å². The van der Waals surface area contributed by atoms with E-state index in [1.165, 1.54) is 16.9 Å². The molecule has 1 heterocycles. The minimum absolute atomic E-state index is 0.0471. The number of carbonyl (C=O) groups is 1. The molecule has 6 heteroatoms. The van der Waals surface area contributed by atoms with Crippen molar-refractivity contribution in [3.8, 4) is 11.5 Å². The lowest BCUT2D eigenvalue weighted by molar-refractivity contribution is -0.116. The summed E-state index contributed by atoms with van der Waals surface area (Å²) in [6.07, 6.45) is 0.999. The normalized spacial score (nSPS) is 10.8. The summed E-state index contributed by atoms with van der Waals surface area (Å²) in [7, 11) is 3.21. The van der Waals surface area contributed by atoms with Crippen molar-refractivity contribution in [3.05, 3.63) is 47.0 Å². The Morgan fingerprint density at radius 1 is 1.08 bits per heavy atom. The molecule has 3 aromatic rings. The van der Waals surface area contributed by atoms with Crippen molar-refractivity contribution < 1.29 is 14.3 Å². The van der Waals surface area contributed by atoms with Crippen LogP contribution in [0.5, 0.6) is 11.5 Å². The monoisotopic (exact) mass is 370 g/mol. The Morgan fingerprint density at radius 3 is 2.50 bits per heavy atom. The fraction of sp³-hybridized carbons (Fsp3) is 0.300. The van der Waals surface area contributed by atoms with Crippen molar-refractivity contribution in [2.24, 2.45) is 0 Å². The van der Waals surface area contributed by atoms with Crippen molar-refractivity contribution in [2.45, 2.75) is 26.7 Å². The quantitative estimate of drug-likeness (QED) is 0.694. The number of hydrogen-bond acceptors (Lipinski definition) is 5. The molecule has 0 radical (unpaired) electrons. The number of amides is 1. The van der Waals surface area contributed by atoms with Crippen LogP contribution >= 0.6 is 11.3 Å². The van der Waals surface area contributed by atoms with Gasteiger partial charge in [0.1, 0.15) is 0 Å². The molecule has 26 heavy (non-hydrogen) atoms. The first-order valence-corrected chi connectivity index (χ1v) is 9.21. The predicted octanol–water partition coefficient (Wildman–Crippen LogP) is 4.50. The van der Waals surface area contributed by atoms with Gasteiger partial charge < -0.3 is 14.8 Å². The van der Waals surface area contributed by atoms with Gasteiger partial charge >= 0.3 is 0 Å². The van der Waals surface area contributed by atoms with Gasteiger partial charge in [-0.25, -0.2) is 4.98 Å². The number of carbonyl (C=O) groups excluding carboxylic acids is 1. The number of rotatable bonds is 6. The van der Waals surface area contributed by atoms with E-state index in [0.29, 0.717) is 29.5 Å². The molecule has 0 aliphatic heterocycles. The van der Waals surface area contributed by atoms with Crippen molar-refractivity contribution >= 4 is 32.6 Å². The van der Waals surface area contributed by atoms with Crippen LogP contribution in [0.3, 0.4) is 0 Å². The number of nitrogens with one attached hydrogen (secondary N) is 1. The Morgan fingerprint density at radius 2 is 1.81 bits per heavy atom. The summed E-state index contributed by atoms with van der Waals surface area (Å²) < 4.78 is 11.7. The van der Waals surface area contributed by atoms with Gasteiger partial charge in [0.05, 0.1) is 24.4 Å². The van der Waals surface area contributed by atoms with E-state index in [9.17, 15) is 4.79 Å². The third kappa shape index (κ3) is 3.80. The molecule has 0 fully saturated rings. The molecular formula is C20H22N2O3S. The van der Waals surface area contributed by atoms with Crippen molar-refractivity contribution in [3.63, 3.8) is 0 Å². The third-order valence-corrected chi connectivity index (χ3v) is 5.38. The van der Waals surface area contributed by atoms with E-state index in [0.717, 1.165) is 21.3 Å². The molecule has 3 rings (SSSR count). The van der Waals surface area contributed by atoms with E-state index >= 15 is 0 Å². The molecule has 1 amide bonds. The van der Waals surface area contributed by atoms with Crippen LogP contribution in [0.2, 0.25) is 0 Å². The molecule has 0 unspecified atom stereocenters. The maximum Gasteiger partial charge on any atom is 0.226 e. The SMILES string of the molecule is COc1ccc(CCC(=O)Nc2nc3c(C)ccc(C)c3s2)cc1OC. The lowest BCUT2D eigenvalue weighted by Crippen LogP contribution is -2.12. The summed E-state index contributed by atoms with van der Waals surface area (Å²) in [6.45, 7) is 4.09. The topological polar surface area (TPSA) is 60.5 Å². The largest absolute Gasteiger partial charge is 0.493 e. The molecule has 136 valence electrons. The second-order valence-electron chi connectivity index (χ2n) is 6.13. The fourth-order valence-corrected chi connectivity index (χ4v) is 3.82. The summed E-state index contributed by atoms with van der Waals surface area (Å²) in [4.78, 5) is 16.9. The van der Waals surface area contributed by atoms with Gasteiger partial charge in [-0.05, 0) is 49.1 Å². The Bertz CT molecular complexity index is 911. The third-order valence-electron chi connectivity index (χ3n) is 4.28. The van der Waals surface area contributed by atoms with Crippen LogP contribution in [0.15, 0.2) is 30.3 Å². The van der Waals surface area contributed by atoms with Gasteiger partial charge in [0.25, 0.3) is 0 Å². The summed E-state index contributed by atoms with van der Waals surface area (Å²) in [5, 5.41) is 3.57. The highest BCUT2D eigenvalue weighted by atomic mass is 32.1. The summed E-state index contributed by atoms with van der Waals surface area (Å²) in [5.41, 5.74) is 4.28. The Kier molecular flexibility index (Phi) is 5.42. The molecule has 0 saturated heterocycles. The number of methoxy groups -OCH3 is 2. The summed E-state index contributed by atoms with van der Waals surface area (Å²) >= 11 is 1.52. The number of anilines is 1. The number of aryl methyl sites for hydroxylation is 3. The van der Waals surface area contributed by atoms with Crippen LogP contribution in [0.25, 0.3) is 10.2 Å². The second kappa shape index (κ2) is 7.74. The molecule has 0 atom stereocenters. The smallest absolute Gasteiger partial charge is 0.226 e. The first kappa shape index (κ1) is 18.2. The summed E-state index contributed by atoms with van der Waals surface area (Å²) in [5.74, 6) is 1.30. The lowest BCUT2D eigenvalue weighted by atomic mass is 10.1. The number of hydrogen-bond donors (Lipinski definition) is 1. The van der Waals surface area contributed by atoms with E-state index < -0.39 is 0 Å². The number of thiazole rings is 1. The van der Waals surface area contributed by atoms with Gasteiger partial charge in [-0.1, -0.05) is 29.5 Å². The maximum absolute atomic E-state index is 12.3. The Hall–Kier alpha value is -2.60. The highest BCUT2D eigenvalue weighted by Crippen LogP contribution is 2.31. The van der Waals surface area contributed by atoms with Crippen LogP contribution in [0.4, 0.5) is 5.13 Å². The molecule has 0 saturated carbocycles. The first-order chi connectivity index (χ1) is 12.5. The first-order valence-electron chi connectivity index (χ1n) is 8.39. The van der Waals surface area contributed by atoms with Gasteiger partial charge in [-0.2, -0.15) is 0 Å². The summed E-state index contributed by atoms with van der Waals surface area (Å²) in [6, 6.07) is 9.83. The maximum atomic E-state index is 12.3. The van der Waals surface area contributed by atoms with Crippen molar-refractivity contribution in [1.29, 1.82) is 0 Å². The van der Waals surface area contributed by atoms with Crippen LogP contribution < -0.4 is 14.8 Å². The van der Waals surface area contributed by atoms with Gasteiger partial charge in [-0.15, -0.1) is 0 Å². The molecule has 1 aromatic heterocycles. The standard InChI is InChI=1S/C20H22N2O3S/c1-12-5-6-13(2)19-18(12)22-20(26-19)21-17(23)10-8-14-7-9-15(24-3)16(11-14)25-4/h5-7,9,11H,8,10H2,1-4H3,(H,21,22,23). The highest BCUT2D eigenvalue weighted by molar-refractivity contribution is 7.22. The lowest BCUT2D eigenvalue weighted by Gasteiger charge is -2.09. The van der Waals surface area contributed by atoms with Crippen LogP contribution in [-0.2, 0) is 11.2 Å². The highest BCUT2D eigenvalue weighted by Gasteiger charge is 2.12. The van der Waals surface area contributed by atoms with Crippen LogP contribution in [0.1, 0.15) is 23.1 Å². The van der Waals surface area contributed by atoms with Gasteiger partial charge in [0, 0.05) is 6.42 Å². The molecule has 5 nitrogen and oxygen atoms in total. The predicted molar refractivity (Wildman–Crippen MR) is 106 cm³/mol. The average molecular weight is 370 g/mol. The molecule has 0 bridgehead atoms. The van der Waals surface area contributed by atoms with Gasteiger partial charge in [0.15, 0.2) is 16.6 Å².